The minimum absolute atomic E-state index is 0.130. The van der Waals surface area contributed by atoms with Gasteiger partial charge in [-0.3, -0.25) is 4.98 Å². The number of aromatic nitrogens is 2. The molecule has 0 spiro atoms. The van der Waals surface area contributed by atoms with E-state index in [9.17, 15) is 0 Å². The monoisotopic (exact) mass is 277 g/mol. The number of nitrogens with one attached hydrogen (secondary N) is 1. The molecular formula is C14H19N3OS. The normalized spacial score (nSPS) is 12.4. The Morgan fingerprint density at radius 2 is 2.21 bits per heavy atom. The van der Waals surface area contributed by atoms with E-state index in [1.165, 1.54) is 4.88 Å². The van der Waals surface area contributed by atoms with Crippen molar-refractivity contribution in [3.05, 3.63) is 40.1 Å². The minimum atomic E-state index is 0.130. The molecule has 2 aromatic heterocycles. The molecule has 2 heterocycles. The Balaban J connectivity index is 2.33. The minimum Gasteiger partial charge on any atom is -0.492 e. The van der Waals surface area contributed by atoms with Crippen LogP contribution in [0.3, 0.4) is 0 Å². The highest BCUT2D eigenvalue weighted by atomic mass is 32.1. The zero-order valence-corrected chi connectivity index (χ0v) is 12.3. The van der Waals surface area contributed by atoms with Gasteiger partial charge >= 0.3 is 0 Å². The third kappa shape index (κ3) is 3.30. The van der Waals surface area contributed by atoms with E-state index in [1.54, 1.807) is 17.5 Å². The van der Waals surface area contributed by atoms with Crippen molar-refractivity contribution < 1.29 is 4.74 Å². The second kappa shape index (κ2) is 6.63. The average molecular weight is 277 g/mol. The van der Waals surface area contributed by atoms with E-state index in [0.29, 0.717) is 6.61 Å². The van der Waals surface area contributed by atoms with Gasteiger partial charge in [0.25, 0.3) is 0 Å². The summed E-state index contributed by atoms with van der Waals surface area (Å²) in [4.78, 5) is 9.83. The van der Waals surface area contributed by atoms with E-state index in [-0.39, 0.29) is 6.04 Å². The van der Waals surface area contributed by atoms with Crippen LogP contribution in [0.5, 0.6) is 5.75 Å². The molecule has 1 N–H and O–H groups in total. The maximum absolute atomic E-state index is 5.52. The van der Waals surface area contributed by atoms with E-state index < -0.39 is 0 Å². The van der Waals surface area contributed by atoms with Crippen LogP contribution < -0.4 is 10.1 Å². The SMILES string of the molecule is CCNC(c1cncc(OCC)c1)c1scnc1C. The lowest BCUT2D eigenvalue weighted by atomic mass is 10.1. The summed E-state index contributed by atoms with van der Waals surface area (Å²) in [6.45, 7) is 7.65. The zero-order chi connectivity index (χ0) is 13.7. The third-order valence-electron chi connectivity index (χ3n) is 2.83. The Kier molecular flexibility index (Phi) is 4.87. The summed E-state index contributed by atoms with van der Waals surface area (Å²) in [6, 6.07) is 2.17. The Hall–Kier alpha value is -1.46. The third-order valence-corrected chi connectivity index (χ3v) is 3.83. The van der Waals surface area contributed by atoms with Crippen molar-refractivity contribution >= 4 is 11.3 Å². The van der Waals surface area contributed by atoms with E-state index >= 15 is 0 Å². The van der Waals surface area contributed by atoms with Crippen LogP contribution in [0.15, 0.2) is 24.0 Å². The second-order valence-electron chi connectivity index (χ2n) is 4.18. The summed E-state index contributed by atoms with van der Waals surface area (Å²) in [6.07, 6.45) is 3.63. The molecule has 19 heavy (non-hydrogen) atoms. The highest BCUT2D eigenvalue weighted by Gasteiger charge is 2.18. The first-order chi connectivity index (χ1) is 9.26. The van der Waals surface area contributed by atoms with Crippen molar-refractivity contribution in [3.8, 4) is 5.75 Å². The lowest BCUT2D eigenvalue weighted by Crippen LogP contribution is -2.22. The smallest absolute Gasteiger partial charge is 0.137 e. The largest absolute Gasteiger partial charge is 0.492 e. The van der Waals surface area contributed by atoms with Crippen LogP contribution >= 0.6 is 11.3 Å². The molecule has 0 amide bonds. The Bertz CT molecular complexity index is 527. The molecule has 2 rings (SSSR count). The van der Waals surface area contributed by atoms with Crippen molar-refractivity contribution in [3.63, 3.8) is 0 Å². The molecule has 0 saturated carbocycles. The van der Waals surface area contributed by atoms with Crippen LogP contribution in [0.1, 0.15) is 36.0 Å². The summed E-state index contributed by atoms with van der Waals surface area (Å²) in [5.41, 5.74) is 4.06. The van der Waals surface area contributed by atoms with Gasteiger partial charge in [0.15, 0.2) is 0 Å². The molecule has 2 aromatic rings. The van der Waals surface area contributed by atoms with Gasteiger partial charge in [-0.05, 0) is 32.0 Å². The van der Waals surface area contributed by atoms with Crippen molar-refractivity contribution in [2.45, 2.75) is 26.8 Å². The fourth-order valence-corrected chi connectivity index (χ4v) is 2.90. The van der Waals surface area contributed by atoms with Crippen molar-refractivity contribution in [1.29, 1.82) is 0 Å². The Labute approximate surface area is 117 Å². The first kappa shape index (κ1) is 14.0. The molecule has 0 saturated heterocycles. The van der Waals surface area contributed by atoms with Crippen LogP contribution in [0.25, 0.3) is 0 Å². The Morgan fingerprint density at radius 3 is 2.84 bits per heavy atom. The van der Waals surface area contributed by atoms with E-state index in [2.05, 4.69) is 22.2 Å². The fraction of sp³-hybridized carbons (Fsp3) is 0.429. The first-order valence-corrected chi connectivity index (χ1v) is 7.35. The lowest BCUT2D eigenvalue weighted by Gasteiger charge is -2.18. The molecule has 5 heteroatoms. The molecule has 0 fully saturated rings. The number of hydrogen-bond donors (Lipinski definition) is 1. The van der Waals surface area contributed by atoms with Crippen LogP contribution in [0.2, 0.25) is 0 Å². The molecular weight excluding hydrogens is 258 g/mol. The predicted octanol–water partition coefficient (Wildman–Crippen LogP) is 2.94. The molecule has 0 aliphatic rings. The average Bonchev–Trinajstić information content (AvgIpc) is 2.83. The number of aryl methyl sites for hydroxylation is 1. The first-order valence-electron chi connectivity index (χ1n) is 6.47. The van der Waals surface area contributed by atoms with Gasteiger partial charge in [0.1, 0.15) is 5.75 Å². The number of ether oxygens (including phenoxy) is 1. The molecule has 0 radical (unpaired) electrons. The summed E-state index contributed by atoms with van der Waals surface area (Å²) in [7, 11) is 0. The predicted molar refractivity (Wildman–Crippen MR) is 77.8 cm³/mol. The maximum atomic E-state index is 5.52. The highest BCUT2D eigenvalue weighted by molar-refractivity contribution is 7.09. The number of rotatable bonds is 6. The standard InChI is InChI=1S/C14H19N3OS/c1-4-16-13(14-10(3)17-9-19-14)11-6-12(18-5-2)8-15-7-11/h6-9,13,16H,4-5H2,1-3H3. The van der Waals surface area contributed by atoms with Gasteiger partial charge in [-0.25, -0.2) is 4.98 Å². The molecule has 102 valence electrons. The van der Waals surface area contributed by atoms with Crippen molar-refractivity contribution in [2.75, 3.05) is 13.2 Å². The Morgan fingerprint density at radius 1 is 1.37 bits per heavy atom. The van der Waals surface area contributed by atoms with Gasteiger partial charge in [-0.2, -0.15) is 0 Å². The van der Waals surface area contributed by atoms with Crippen molar-refractivity contribution in [2.24, 2.45) is 0 Å². The van der Waals surface area contributed by atoms with E-state index in [4.69, 9.17) is 4.74 Å². The number of hydrogen-bond acceptors (Lipinski definition) is 5. The van der Waals surface area contributed by atoms with Gasteiger partial charge < -0.3 is 10.1 Å². The fourth-order valence-electron chi connectivity index (χ4n) is 1.99. The molecule has 0 aliphatic carbocycles. The van der Waals surface area contributed by atoms with Gasteiger partial charge in [-0.1, -0.05) is 6.92 Å². The highest BCUT2D eigenvalue weighted by Crippen LogP contribution is 2.29. The van der Waals surface area contributed by atoms with Gasteiger partial charge in [-0.15, -0.1) is 11.3 Å². The van der Waals surface area contributed by atoms with Crippen LogP contribution in [0.4, 0.5) is 0 Å². The zero-order valence-electron chi connectivity index (χ0n) is 11.5. The molecule has 0 aliphatic heterocycles. The number of pyridine rings is 1. The van der Waals surface area contributed by atoms with Crippen LogP contribution in [-0.2, 0) is 0 Å². The summed E-state index contributed by atoms with van der Waals surface area (Å²) in [5.74, 6) is 0.810. The van der Waals surface area contributed by atoms with Crippen LogP contribution in [-0.4, -0.2) is 23.1 Å². The number of nitrogens with zero attached hydrogens (tertiary/aromatic N) is 2. The summed E-state index contributed by atoms with van der Waals surface area (Å²) < 4.78 is 5.52. The summed E-state index contributed by atoms with van der Waals surface area (Å²) in [5, 5.41) is 3.49. The molecule has 4 nitrogen and oxygen atoms in total. The molecule has 1 unspecified atom stereocenters. The molecule has 0 bridgehead atoms. The van der Waals surface area contributed by atoms with Crippen LogP contribution in [0, 0.1) is 6.92 Å². The maximum Gasteiger partial charge on any atom is 0.137 e. The lowest BCUT2D eigenvalue weighted by molar-refractivity contribution is 0.338. The van der Waals surface area contributed by atoms with Gasteiger partial charge in [0, 0.05) is 11.1 Å². The van der Waals surface area contributed by atoms with Gasteiger partial charge in [0.2, 0.25) is 0 Å². The van der Waals surface area contributed by atoms with E-state index in [0.717, 1.165) is 23.6 Å². The quantitative estimate of drug-likeness (QED) is 0.882. The summed E-state index contributed by atoms with van der Waals surface area (Å²) >= 11 is 1.67. The van der Waals surface area contributed by atoms with Crippen molar-refractivity contribution in [1.82, 2.24) is 15.3 Å². The topological polar surface area (TPSA) is 47.0 Å². The molecule has 0 aromatic carbocycles. The van der Waals surface area contributed by atoms with E-state index in [1.807, 2.05) is 31.6 Å². The van der Waals surface area contributed by atoms with Gasteiger partial charge in [0.05, 0.1) is 30.1 Å². The molecule has 1 atom stereocenters. The second-order valence-corrected chi connectivity index (χ2v) is 5.07. The number of thiazole rings is 1.